The summed E-state index contributed by atoms with van der Waals surface area (Å²) < 4.78 is 1.64. The molecule has 0 atom stereocenters. The summed E-state index contributed by atoms with van der Waals surface area (Å²) in [7, 11) is 1.81. The summed E-state index contributed by atoms with van der Waals surface area (Å²) in [5, 5.41) is 10.4. The van der Waals surface area contributed by atoms with Gasteiger partial charge in [-0.1, -0.05) is 0 Å². The Morgan fingerprint density at radius 2 is 2.18 bits per heavy atom. The van der Waals surface area contributed by atoms with E-state index in [4.69, 9.17) is 0 Å². The zero-order valence-corrected chi connectivity index (χ0v) is 11.0. The fourth-order valence-electron chi connectivity index (χ4n) is 1.99. The van der Waals surface area contributed by atoms with Crippen molar-refractivity contribution >= 4 is 18.3 Å². The van der Waals surface area contributed by atoms with Crippen LogP contribution in [-0.2, 0) is 7.05 Å². The smallest absolute Gasteiger partial charge is 0.254 e. The molecular weight excluding hydrogens is 240 g/mol. The lowest BCUT2D eigenvalue weighted by atomic mass is 9.90. The van der Waals surface area contributed by atoms with Gasteiger partial charge in [-0.05, 0) is 32.9 Å². The van der Waals surface area contributed by atoms with E-state index >= 15 is 0 Å². The zero-order valence-electron chi connectivity index (χ0n) is 10.2. The molecule has 2 rings (SSSR count). The van der Waals surface area contributed by atoms with Crippen molar-refractivity contribution in [2.45, 2.75) is 25.3 Å². The van der Waals surface area contributed by atoms with Gasteiger partial charge in [0.2, 0.25) is 0 Å². The SMILES string of the molecule is Cl.Cn1cc(C(=O)NC2(C)CCNCC2)cn1. The van der Waals surface area contributed by atoms with Gasteiger partial charge in [0.1, 0.15) is 0 Å². The van der Waals surface area contributed by atoms with Gasteiger partial charge in [-0.2, -0.15) is 5.10 Å². The summed E-state index contributed by atoms with van der Waals surface area (Å²) in [6, 6.07) is 0. The van der Waals surface area contributed by atoms with E-state index in [0.29, 0.717) is 5.56 Å². The second-order valence-electron chi connectivity index (χ2n) is 4.67. The molecule has 1 fully saturated rings. The molecule has 5 nitrogen and oxygen atoms in total. The number of hydrogen-bond donors (Lipinski definition) is 2. The topological polar surface area (TPSA) is 59.0 Å². The molecule has 1 amide bonds. The molecule has 0 aromatic carbocycles. The van der Waals surface area contributed by atoms with Gasteiger partial charge < -0.3 is 10.6 Å². The highest BCUT2D eigenvalue weighted by Crippen LogP contribution is 2.17. The summed E-state index contributed by atoms with van der Waals surface area (Å²) >= 11 is 0. The number of rotatable bonds is 2. The first-order valence-corrected chi connectivity index (χ1v) is 5.61. The molecule has 2 N–H and O–H groups in total. The van der Waals surface area contributed by atoms with Gasteiger partial charge in [0.15, 0.2) is 0 Å². The molecule has 0 aliphatic carbocycles. The van der Waals surface area contributed by atoms with E-state index in [1.165, 1.54) is 0 Å². The average Bonchev–Trinajstić information content (AvgIpc) is 2.65. The van der Waals surface area contributed by atoms with Gasteiger partial charge >= 0.3 is 0 Å². The van der Waals surface area contributed by atoms with Crippen LogP contribution in [0.25, 0.3) is 0 Å². The number of nitrogens with one attached hydrogen (secondary N) is 2. The maximum absolute atomic E-state index is 11.9. The Bertz CT molecular complexity index is 385. The van der Waals surface area contributed by atoms with Crippen molar-refractivity contribution in [3.63, 3.8) is 0 Å². The lowest BCUT2D eigenvalue weighted by Crippen LogP contribution is -2.52. The second kappa shape index (κ2) is 5.51. The first-order valence-electron chi connectivity index (χ1n) is 5.61. The van der Waals surface area contributed by atoms with Crippen LogP contribution in [0.4, 0.5) is 0 Å². The summed E-state index contributed by atoms with van der Waals surface area (Å²) in [5.41, 5.74) is 0.542. The van der Waals surface area contributed by atoms with E-state index in [1.54, 1.807) is 17.1 Å². The van der Waals surface area contributed by atoms with E-state index in [0.717, 1.165) is 25.9 Å². The van der Waals surface area contributed by atoms with Crippen molar-refractivity contribution in [3.8, 4) is 0 Å². The molecule has 2 heterocycles. The molecule has 1 aliphatic rings. The summed E-state index contributed by atoms with van der Waals surface area (Å²) in [5.74, 6) is -0.0301. The number of piperidine rings is 1. The van der Waals surface area contributed by atoms with Crippen LogP contribution in [-0.4, -0.2) is 34.3 Å². The normalized spacial score (nSPS) is 18.2. The molecule has 0 spiro atoms. The largest absolute Gasteiger partial charge is 0.347 e. The number of aromatic nitrogens is 2. The van der Waals surface area contributed by atoms with Crippen LogP contribution in [0.5, 0.6) is 0 Å². The Morgan fingerprint density at radius 3 is 2.71 bits per heavy atom. The fraction of sp³-hybridized carbons (Fsp3) is 0.636. The van der Waals surface area contributed by atoms with Crippen LogP contribution in [0.1, 0.15) is 30.1 Å². The van der Waals surface area contributed by atoms with Crippen LogP contribution in [0, 0.1) is 0 Å². The highest BCUT2D eigenvalue weighted by Gasteiger charge is 2.28. The van der Waals surface area contributed by atoms with E-state index in [2.05, 4.69) is 22.7 Å². The molecule has 96 valence electrons. The van der Waals surface area contributed by atoms with Gasteiger partial charge in [-0.15, -0.1) is 12.4 Å². The fourth-order valence-corrected chi connectivity index (χ4v) is 1.99. The number of amides is 1. The maximum Gasteiger partial charge on any atom is 0.254 e. The first-order chi connectivity index (χ1) is 7.59. The van der Waals surface area contributed by atoms with Crippen LogP contribution in [0.3, 0.4) is 0 Å². The highest BCUT2D eigenvalue weighted by atomic mass is 35.5. The lowest BCUT2D eigenvalue weighted by molar-refractivity contribution is 0.0887. The summed E-state index contributed by atoms with van der Waals surface area (Å²) in [4.78, 5) is 11.9. The van der Waals surface area contributed by atoms with Crippen molar-refractivity contribution in [1.29, 1.82) is 0 Å². The monoisotopic (exact) mass is 258 g/mol. The Hall–Kier alpha value is -1.07. The highest BCUT2D eigenvalue weighted by molar-refractivity contribution is 5.94. The summed E-state index contributed by atoms with van der Waals surface area (Å²) in [6.07, 6.45) is 5.28. The molecule has 1 aliphatic heterocycles. The Balaban J connectivity index is 0.00000144. The predicted octanol–water partition coefficient (Wildman–Crippen LogP) is 0.714. The molecule has 6 heteroatoms. The minimum atomic E-state index is -0.0851. The second-order valence-corrected chi connectivity index (χ2v) is 4.67. The van der Waals surface area contributed by atoms with Crippen molar-refractivity contribution < 1.29 is 4.79 Å². The Morgan fingerprint density at radius 1 is 1.53 bits per heavy atom. The lowest BCUT2D eigenvalue weighted by Gasteiger charge is -2.34. The molecular formula is C11H19ClN4O. The van der Waals surface area contributed by atoms with Gasteiger partial charge in [0, 0.05) is 18.8 Å². The first kappa shape index (κ1) is 14.0. The number of carbonyl (C=O) groups excluding carboxylic acids is 1. The molecule has 1 aromatic heterocycles. The number of nitrogens with zero attached hydrogens (tertiary/aromatic N) is 2. The van der Waals surface area contributed by atoms with Gasteiger partial charge in [0.25, 0.3) is 5.91 Å². The quantitative estimate of drug-likeness (QED) is 0.822. The van der Waals surface area contributed by atoms with Gasteiger partial charge in [-0.3, -0.25) is 9.48 Å². The molecule has 0 bridgehead atoms. The third-order valence-corrected chi connectivity index (χ3v) is 3.09. The van der Waals surface area contributed by atoms with Crippen LogP contribution in [0.15, 0.2) is 12.4 Å². The van der Waals surface area contributed by atoms with Crippen LogP contribution in [0.2, 0.25) is 0 Å². The third kappa shape index (κ3) is 3.44. The molecule has 1 aromatic rings. The van der Waals surface area contributed by atoms with E-state index in [-0.39, 0.29) is 23.9 Å². The number of aryl methyl sites for hydroxylation is 1. The van der Waals surface area contributed by atoms with Crippen molar-refractivity contribution in [1.82, 2.24) is 20.4 Å². The van der Waals surface area contributed by atoms with Crippen molar-refractivity contribution in [3.05, 3.63) is 18.0 Å². The minimum Gasteiger partial charge on any atom is -0.347 e. The van der Waals surface area contributed by atoms with E-state index in [9.17, 15) is 4.79 Å². The number of carbonyl (C=O) groups is 1. The standard InChI is InChI=1S/C11H18N4O.ClH/c1-11(3-5-12-6-4-11)14-10(16)9-7-13-15(2)8-9;/h7-8,12H,3-6H2,1-2H3,(H,14,16);1H. The Kier molecular flexibility index (Phi) is 4.54. The summed E-state index contributed by atoms with van der Waals surface area (Å²) in [6.45, 7) is 4.02. The molecule has 0 radical (unpaired) electrons. The molecule has 17 heavy (non-hydrogen) atoms. The van der Waals surface area contributed by atoms with Gasteiger partial charge in [-0.25, -0.2) is 0 Å². The van der Waals surface area contributed by atoms with Crippen LogP contribution >= 0.6 is 12.4 Å². The van der Waals surface area contributed by atoms with E-state index in [1.807, 2.05) is 7.05 Å². The Labute approximate surface area is 107 Å². The maximum atomic E-state index is 11.9. The zero-order chi connectivity index (χ0) is 11.6. The minimum absolute atomic E-state index is 0. The third-order valence-electron chi connectivity index (χ3n) is 3.09. The predicted molar refractivity (Wildman–Crippen MR) is 68.4 cm³/mol. The van der Waals surface area contributed by atoms with Crippen molar-refractivity contribution in [2.24, 2.45) is 7.05 Å². The van der Waals surface area contributed by atoms with Crippen molar-refractivity contribution in [2.75, 3.05) is 13.1 Å². The number of halogens is 1. The molecule has 0 saturated carbocycles. The molecule has 1 saturated heterocycles. The molecule has 0 unspecified atom stereocenters. The average molecular weight is 259 g/mol. The number of hydrogen-bond acceptors (Lipinski definition) is 3. The van der Waals surface area contributed by atoms with E-state index < -0.39 is 0 Å². The van der Waals surface area contributed by atoms with Crippen LogP contribution < -0.4 is 10.6 Å². The van der Waals surface area contributed by atoms with Gasteiger partial charge in [0.05, 0.1) is 11.8 Å².